The lowest BCUT2D eigenvalue weighted by Crippen LogP contribution is -2.26. The summed E-state index contributed by atoms with van der Waals surface area (Å²) in [6, 6.07) is 8.18. The summed E-state index contributed by atoms with van der Waals surface area (Å²) in [7, 11) is 1.69. The first-order valence-electron chi connectivity index (χ1n) is 6.81. The molecule has 3 rings (SSSR count). The largest absolute Gasteiger partial charge is 0.497 e. The molecule has 1 aliphatic rings. The van der Waals surface area contributed by atoms with E-state index in [-0.39, 0.29) is 0 Å². The van der Waals surface area contributed by atoms with Crippen LogP contribution in [0.3, 0.4) is 0 Å². The highest BCUT2D eigenvalue weighted by Crippen LogP contribution is 2.26. The maximum absolute atomic E-state index is 5.55. The van der Waals surface area contributed by atoms with Crippen LogP contribution in [0.25, 0.3) is 0 Å². The third kappa shape index (κ3) is 2.46. The Labute approximate surface area is 118 Å². The molecule has 6 heteroatoms. The van der Waals surface area contributed by atoms with Gasteiger partial charge in [-0.2, -0.15) is 10.1 Å². The standard InChI is InChI=1S/C14H19N5O/c1-20-12-4-2-3-10(7-12)11-8-16-14-17-13(5-6-15)18-19(14)9-11/h2-4,7,11H,5-6,8-9,15H2,1H3,(H,16,17,18). The number of hydrogen-bond acceptors (Lipinski definition) is 5. The molecule has 1 unspecified atom stereocenters. The van der Waals surface area contributed by atoms with Crippen LogP contribution in [-0.2, 0) is 13.0 Å². The van der Waals surface area contributed by atoms with Crippen molar-refractivity contribution in [3.8, 4) is 5.75 Å². The summed E-state index contributed by atoms with van der Waals surface area (Å²) >= 11 is 0. The summed E-state index contributed by atoms with van der Waals surface area (Å²) in [5, 5.41) is 7.83. The molecule has 0 saturated heterocycles. The molecule has 2 aromatic rings. The van der Waals surface area contributed by atoms with Crippen LogP contribution in [0.1, 0.15) is 17.3 Å². The van der Waals surface area contributed by atoms with E-state index in [1.165, 1.54) is 5.56 Å². The topological polar surface area (TPSA) is 78.0 Å². The Morgan fingerprint density at radius 2 is 2.40 bits per heavy atom. The Hall–Kier alpha value is -2.08. The minimum absolute atomic E-state index is 0.366. The number of benzene rings is 1. The van der Waals surface area contributed by atoms with Gasteiger partial charge in [0, 0.05) is 18.9 Å². The summed E-state index contributed by atoms with van der Waals surface area (Å²) in [5.41, 5.74) is 6.79. The molecule has 0 radical (unpaired) electrons. The summed E-state index contributed by atoms with van der Waals surface area (Å²) in [4.78, 5) is 4.44. The molecular weight excluding hydrogens is 254 g/mol. The van der Waals surface area contributed by atoms with Gasteiger partial charge in [0.25, 0.3) is 0 Å². The molecule has 20 heavy (non-hydrogen) atoms. The van der Waals surface area contributed by atoms with E-state index in [0.717, 1.165) is 30.6 Å². The molecule has 3 N–H and O–H groups in total. The van der Waals surface area contributed by atoms with Gasteiger partial charge >= 0.3 is 0 Å². The molecule has 0 amide bonds. The Morgan fingerprint density at radius 1 is 1.50 bits per heavy atom. The Morgan fingerprint density at radius 3 is 3.20 bits per heavy atom. The number of ether oxygens (including phenoxy) is 1. The van der Waals surface area contributed by atoms with Gasteiger partial charge in [-0.25, -0.2) is 4.68 Å². The molecule has 0 fully saturated rings. The Bertz CT molecular complexity index is 595. The van der Waals surface area contributed by atoms with Crippen LogP contribution in [0.5, 0.6) is 5.75 Å². The first kappa shape index (κ1) is 12.9. The molecule has 1 aliphatic heterocycles. The van der Waals surface area contributed by atoms with Gasteiger partial charge < -0.3 is 15.8 Å². The predicted octanol–water partition coefficient (Wildman–Crippen LogP) is 0.997. The van der Waals surface area contributed by atoms with E-state index in [1.807, 2.05) is 16.8 Å². The van der Waals surface area contributed by atoms with Gasteiger partial charge in [-0.15, -0.1) is 0 Å². The number of fused-ring (bicyclic) bond motifs is 1. The van der Waals surface area contributed by atoms with E-state index in [2.05, 4.69) is 27.5 Å². The number of nitrogens with zero attached hydrogens (tertiary/aromatic N) is 3. The molecule has 1 aromatic heterocycles. The number of rotatable bonds is 4. The smallest absolute Gasteiger partial charge is 0.221 e. The maximum atomic E-state index is 5.55. The van der Waals surface area contributed by atoms with Crippen molar-refractivity contribution >= 4 is 5.95 Å². The monoisotopic (exact) mass is 273 g/mol. The van der Waals surface area contributed by atoms with E-state index in [4.69, 9.17) is 10.5 Å². The van der Waals surface area contributed by atoms with Crippen LogP contribution in [0.15, 0.2) is 24.3 Å². The van der Waals surface area contributed by atoms with Crippen molar-refractivity contribution in [2.24, 2.45) is 5.73 Å². The first-order valence-corrected chi connectivity index (χ1v) is 6.81. The lowest BCUT2D eigenvalue weighted by molar-refractivity contribution is 0.412. The zero-order valence-corrected chi connectivity index (χ0v) is 11.5. The van der Waals surface area contributed by atoms with Crippen molar-refractivity contribution in [2.45, 2.75) is 18.9 Å². The number of aromatic nitrogens is 3. The lowest BCUT2D eigenvalue weighted by atomic mass is 9.98. The molecule has 1 aromatic carbocycles. The van der Waals surface area contributed by atoms with E-state index in [9.17, 15) is 0 Å². The average molecular weight is 273 g/mol. The minimum atomic E-state index is 0.366. The molecule has 0 saturated carbocycles. The van der Waals surface area contributed by atoms with Crippen molar-refractivity contribution in [2.75, 3.05) is 25.5 Å². The molecule has 0 spiro atoms. The van der Waals surface area contributed by atoms with E-state index < -0.39 is 0 Å². The van der Waals surface area contributed by atoms with Crippen LogP contribution in [-0.4, -0.2) is 35.0 Å². The minimum Gasteiger partial charge on any atom is -0.497 e. The predicted molar refractivity (Wildman–Crippen MR) is 77.0 cm³/mol. The number of nitrogens with one attached hydrogen (secondary N) is 1. The van der Waals surface area contributed by atoms with Crippen LogP contribution in [0.2, 0.25) is 0 Å². The van der Waals surface area contributed by atoms with Gasteiger partial charge in [-0.05, 0) is 24.2 Å². The van der Waals surface area contributed by atoms with Gasteiger partial charge in [0.05, 0.1) is 13.7 Å². The lowest BCUT2D eigenvalue weighted by Gasteiger charge is -2.24. The van der Waals surface area contributed by atoms with Crippen LogP contribution in [0, 0.1) is 0 Å². The van der Waals surface area contributed by atoms with Gasteiger partial charge in [0.1, 0.15) is 5.75 Å². The molecule has 1 atom stereocenters. The van der Waals surface area contributed by atoms with E-state index >= 15 is 0 Å². The van der Waals surface area contributed by atoms with E-state index in [0.29, 0.717) is 18.9 Å². The van der Waals surface area contributed by atoms with Gasteiger partial charge in [0.15, 0.2) is 5.82 Å². The highest BCUT2D eigenvalue weighted by molar-refractivity contribution is 5.35. The highest BCUT2D eigenvalue weighted by Gasteiger charge is 2.22. The Kier molecular flexibility index (Phi) is 3.56. The van der Waals surface area contributed by atoms with Gasteiger partial charge in [0.2, 0.25) is 5.95 Å². The van der Waals surface area contributed by atoms with Crippen molar-refractivity contribution < 1.29 is 4.74 Å². The third-order valence-electron chi connectivity index (χ3n) is 3.55. The second-order valence-corrected chi connectivity index (χ2v) is 4.93. The van der Waals surface area contributed by atoms with Crippen LogP contribution in [0.4, 0.5) is 5.95 Å². The SMILES string of the molecule is COc1cccc(C2CNc3nc(CCN)nn3C2)c1. The second-order valence-electron chi connectivity index (χ2n) is 4.93. The number of anilines is 1. The Balaban J connectivity index is 1.80. The van der Waals surface area contributed by atoms with Gasteiger partial charge in [-0.1, -0.05) is 12.1 Å². The van der Waals surface area contributed by atoms with E-state index in [1.54, 1.807) is 7.11 Å². The molecular formula is C14H19N5O. The molecule has 2 heterocycles. The summed E-state index contributed by atoms with van der Waals surface area (Å²) in [6.07, 6.45) is 0.714. The number of nitrogens with two attached hydrogens (primary N) is 1. The fourth-order valence-corrected chi connectivity index (χ4v) is 2.49. The summed E-state index contributed by atoms with van der Waals surface area (Å²) < 4.78 is 7.21. The highest BCUT2D eigenvalue weighted by atomic mass is 16.5. The number of hydrogen-bond donors (Lipinski definition) is 2. The van der Waals surface area contributed by atoms with Crippen LogP contribution >= 0.6 is 0 Å². The van der Waals surface area contributed by atoms with Gasteiger partial charge in [-0.3, -0.25) is 0 Å². The fraction of sp³-hybridized carbons (Fsp3) is 0.429. The quantitative estimate of drug-likeness (QED) is 0.869. The van der Waals surface area contributed by atoms with Crippen molar-refractivity contribution in [1.29, 1.82) is 0 Å². The zero-order valence-electron chi connectivity index (χ0n) is 11.5. The molecule has 106 valence electrons. The van der Waals surface area contributed by atoms with Crippen molar-refractivity contribution in [3.05, 3.63) is 35.7 Å². The zero-order chi connectivity index (χ0) is 13.9. The van der Waals surface area contributed by atoms with Crippen molar-refractivity contribution in [3.63, 3.8) is 0 Å². The average Bonchev–Trinajstić information content (AvgIpc) is 2.89. The van der Waals surface area contributed by atoms with Crippen molar-refractivity contribution in [1.82, 2.24) is 14.8 Å². The third-order valence-corrected chi connectivity index (χ3v) is 3.55. The normalized spacial score (nSPS) is 17.4. The van der Waals surface area contributed by atoms with Crippen LogP contribution < -0.4 is 15.8 Å². The fourth-order valence-electron chi connectivity index (χ4n) is 2.49. The first-order chi connectivity index (χ1) is 9.80. The maximum Gasteiger partial charge on any atom is 0.221 e. The molecule has 0 bridgehead atoms. The summed E-state index contributed by atoms with van der Waals surface area (Å²) in [6.45, 7) is 2.25. The second kappa shape index (κ2) is 5.50. The molecule has 6 nitrogen and oxygen atoms in total. The molecule has 0 aliphatic carbocycles. The number of methoxy groups -OCH3 is 1. The summed E-state index contributed by atoms with van der Waals surface area (Å²) in [5.74, 6) is 2.90.